The molecule has 0 spiro atoms. The molecule has 3 aromatic rings. The summed E-state index contributed by atoms with van der Waals surface area (Å²) in [7, 11) is 2.00. The molecule has 31 heavy (non-hydrogen) atoms. The molecule has 5 rings (SSSR count). The molecule has 0 bridgehead atoms. The lowest BCUT2D eigenvalue weighted by Gasteiger charge is -2.44. The lowest BCUT2D eigenvalue weighted by molar-refractivity contribution is 0.0688. The second-order valence-corrected chi connectivity index (χ2v) is 8.25. The zero-order valence-corrected chi connectivity index (χ0v) is 17.3. The molecule has 0 radical (unpaired) electrons. The highest BCUT2D eigenvalue weighted by atomic mass is 19.1. The number of pyridine rings is 1. The van der Waals surface area contributed by atoms with Gasteiger partial charge in [-0.05, 0) is 59.5 Å². The minimum absolute atomic E-state index is 0.0302. The van der Waals surface area contributed by atoms with Crippen LogP contribution in [0, 0.1) is 11.7 Å². The van der Waals surface area contributed by atoms with Crippen molar-refractivity contribution in [1.82, 2.24) is 9.88 Å². The largest absolute Gasteiger partial charge is 0.394 e. The molecular weight excluding hydrogens is 393 g/mol. The third-order valence-electron chi connectivity index (χ3n) is 6.67. The fourth-order valence-electron chi connectivity index (χ4n) is 5.14. The Labute approximate surface area is 180 Å². The molecule has 2 aliphatic heterocycles. The third-order valence-corrected chi connectivity index (χ3v) is 6.67. The van der Waals surface area contributed by atoms with Crippen LogP contribution < -0.4 is 4.90 Å². The molecule has 2 aliphatic rings. The molecule has 2 aromatic carbocycles. The van der Waals surface area contributed by atoms with Crippen LogP contribution in [0.25, 0.3) is 11.1 Å². The van der Waals surface area contributed by atoms with E-state index in [0.717, 1.165) is 28.8 Å². The van der Waals surface area contributed by atoms with Crippen LogP contribution in [0.3, 0.4) is 0 Å². The van der Waals surface area contributed by atoms with Crippen LogP contribution in [0.15, 0.2) is 66.9 Å². The molecule has 3 atom stereocenters. The van der Waals surface area contributed by atoms with Crippen molar-refractivity contribution >= 4 is 11.6 Å². The number of aromatic nitrogens is 1. The first-order chi connectivity index (χ1) is 15.1. The van der Waals surface area contributed by atoms with Crippen molar-refractivity contribution in [2.24, 2.45) is 5.92 Å². The van der Waals surface area contributed by atoms with E-state index in [1.807, 2.05) is 30.1 Å². The molecule has 158 valence electrons. The number of aliphatic hydroxyl groups is 1. The molecule has 1 N–H and O–H groups in total. The fraction of sp³-hybridized carbons (Fsp3) is 0.280. The minimum atomic E-state index is -0.268. The summed E-state index contributed by atoms with van der Waals surface area (Å²) in [5.74, 6) is -0.235. The number of fused-ring (bicyclic) bond motifs is 3. The maximum atomic E-state index is 13.4. The lowest BCUT2D eigenvalue weighted by atomic mass is 9.81. The zero-order chi connectivity index (χ0) is 21.5. The van der Waals surface area contributed by atoms with E-state index in [1.165, 1.54) is 12.1 Å². The Morgan fingerprint density at radius 2 is 1.90 bits per heavy atom. The van der Waals surface area contributed by atoms with Gasteiger partial charge in [-0.3, -0.25) is 9.78 Å². The highest BCUT2D eigenvalue weighted by molar-refractivity contribution is 5.93. The number of halogens is 1. The number of carbonyl (C=O) groups is 1. The molecule has 1 fully saturated rings. The van der Waals surface area contributed by atoms with Crippen molar-refractivity contribution in [1.29, 1.82) is 0 Å². The van der Waals surface area contributed by atoms with Gasteiger partial charge in [-0.2, -0.15) is 0 Å². The van der Waals surface area contributed by atoms with Crippen LogP contribution in [0.5, 0.6) is 0 Å². The predicted octanol–water partition coefficient (Wildman–Crippen LogP) is 3.90. The van der Waals surface area contributed by atoms with Gasteiger partial charge in [0.25, 0.3) is 5.91 Å². The van der Waals surface area contributed by atoms with Gasteiger partial charge >= 0.3 is 0 Å². The van der Waals surface area contributed by atoms with Crippen LogP contribution in [0.4, 0.5) is 10.1 Å². The second kappa shape index (κ2) is 7.78. The van der Waals surface area contributed by atoms with Crippen molar-refractivity contribution in [2.75, 3.05) is 25.1 Å². The van der Waals surface area contributed by atoms with Gasteiger partial charge in [0.05, 0.1) is 18.7 Å². The SMILES string of the molecule is CN1c2ccc(-c3ccc(F)cc3)cc2[C@@H]2[C@@H](CCN2C(=O)c2ccccn2)[C@H]1CO. The van der Waals surface area contributed by atoms with Crippen LogP contribution in [0.1, 0.15) is 28.5 Å². The number of anilines is 1. The third kappa shape index (κ3) is 3.27. The molecule has 1 amide bonds. The number of likely N-dealkylation sites (tertiary alicyclic amines) is 1. The maximum Gasteiger partial charge on any atom is 0.272 e. The van der Waals surface area contributed by atoms with Gasteiger partial charge < -0.3 is 14.9 Å². The molecule has 0 aliphatic carbocycles. The lowest BCUT2D eigenvalue weighted by Crippen LogP contribution is -2.48. The second-order valence-electron chi connectivity index (χ2n) is 8.25. The fourth-order valence-corrected chi connectivity index (χ4v) is 5.14. The minimum Gasteiger partial charge on any atom is -0.394 e. The van der Waals surface area contributed by atoms with E-state index < -0.39 is 0 Å². The molecule has 6 heteroatoms. The summed E-state index contributed by atoms with van der Waals surface area (Å²) in [6.07, 6.45) is 2.45. The first-order valence-electron chi connectivity index (χ1n) is 10.5. The molecule has 1 saturated heterocycles. The van der Waals surface area contributed by atoms with E-state index in [2.05, 4.69) is 16.0 Å². The van der Waals surface area contributed by atoms with Crippen molar-refractivity contribution in [3.8, 4) is 11.1 Å². The summed E-state index contributed by atoms with van der Waals surface area (Å²) < 4.78 is 13.4. The molecular formula is C25H24FN3O2. The van der Waals surface area contributed by atoms with Crippen molar-refractivity contribution < 1.29 is 14.3 Å². The summed E-state index contributed by atoms with van der Waals surface area (Å²) >= 11 is 0. The number of hydrogen-bond acceptors (Lipinski definition) is 4. The predicted molar refractivity (Wildman–Crippen MR) is 117 cm³/mol. The van der Waals surface area contributed by atoms with Crippen molar-refractivity contribution in [2.45, 2.75) is 18.5 Å². The van der Waals surface area contributed by atoms with E-state index in [-0.39, 0.29) is 36.3 Å². The van der Waals surface area contributed by atoms with Gasteiger partial charge in [0.2, 0.25) is 0 Å². The van der Waals surface area contributed by atoms with Crippen molar-refractivity contribution in [3.63, 3.8) is 0 Å². The number of carbonyl (C=O) groups excluding carboxylic acids is 1. The van der Waals surface area contributed by atoms with Gasteiger partial charge in [-0.15, -0.1) is 0 Å². The monoisotopic (exact) mass is 417 g/mol. The summed E-state index contributed by atoms with van der Waals surface area (Å²) in [6.45, 7) is 0.651. The van der Waals surface area contributed by atoms with Gasteiger partial charge in [-0.25, -0.2) is 4.39 Å². The molecule has 5 nitrogen and oxygen atoms in total. The average Bonchev–Trinajstić information content (AvgIpc) is 3.25. The first kappa shape index (κ1) is 19.7. The van der Waals surface area contributed by atoms with Crippen LogP contribution in [-0.2, 0) is 0 Å². The topological polar surface area (TPSA) is 56.7 Å². The van der Waals surface area contributed by atoms with Gasteiger partial charge in [0.15, 0.2) is 0 Å². The number of benzene rings is 2. The Kier molecular flexibility index (Phi) is 4.94. The van der Waals surface area contributed by atoms with Crippen molar-refractivity contribution in [3.05, 3.63) is 83.9 Å². The summed E-state index contributed by atoms with van der Waals surface area (Å²) in [6, 6.07) is 17.8. The number of aliphatic hydroxyl groups excluding tert-OH is 1. The number of hydrogen-bond donors (Lipinski definition) is 1. The summed E-state index contributed by atoms with van der Waals surface area (Å²) in [5.41, 5.74) is 4.39. The van der Waals surface area contributed by atoms with E-state index >= 15 is 0 Å². The Bertz CT molecular complexity index is 1100. The summed E-state index contributed by atoms with van der Waals surface area (Å²) in [4.78, 5) is 21.6. The molecule has 0 saturated carbocycles. The quantitative estimate of drug-likeness (QED) is 0.702. The molecule has 0 unspecified atom stereocenters. The van der Waals surface area contributed by atoms with Gasteiger partial charge in [0, 0.05) is 31.4 Å². The first-order valence-corrected chi connectivity index (χ1v) is 10.5. The van der Waals surface area contributed by atoms with E-state index in [4.69, 9.17) is 0 Å². The average molecular weight is 417 g/mol. The smallest absolute Gasteiger partial charge is 0.272 e. The van der Waals surface area contributed by atoms with E-state index in [1.54, 1.807) is 30.5 Å². The Hall–Kier alpha value is -3.25. The normalized spacial score (nSPS) is 22.2. The van der Waals surface area contributed by atoms with Crippen LogP contribution >= 0.6 is 0 Å². The Morgan fingerprint density at radius 3 is 2.61 bits per heavy atom. The molecule has 1 aromatic heterocycles. The number of rotatable bonds is 3. The Balaban J connectivity index is 1.60. The Morgan fingerprint density at radius 1 is 1.13 bits per heavy atom. The highest BCUT2D eigenvalue weighted by Gasteiger charge is 2.47. The highest BCUT2D eigenvalue weighted by Crippen LogP contribution is 2.49. The van der Waals surface area contributed by atoms with Gasteiger partial charge in [0.1, 0.15) is 11.5 Å². The number of nitrogens with zero attached hydrogens (tertiary/aromatic N) is 3. The maximum absolute atomic E-state index is 13.4. The number of likely N-dealkylation sites (N-methyl/N-ethyl adjacent to an activating group) is 1. The van der Waals surface area contributed by atoms with Crippen LogP contribution in [-0.4, -0.2) is 47.1 Å². The number of amides is 1. The van der Waals surface area contributed by atoms with Crippen LogP contribution in [0.2, 0.25) is 0 Å². The molecule has 3 heterocycles. The zero-order valence-electron chi connectivity index (χ0n) is 17.3. The van der Waals surface area contributed by atoms with E-state index in [0.29, 0.717) is 12.2 Å². The summed E-state index contributed by atoms with van der Waals surface area (Å²) in [5, 5.41) is 10.1. The standard InChI is InChI=1S/C25H24FN3O2/c1-28-22-10-7-17(16-5-8-18(26)9-6-16)14-20(22)24-19(23(28)15-30)11-13-29(24)25(31)21-4-2-3-12-27-21/h2-10,12,14,19,23-24,30H,11,13,15H2,1H3/t19-,23+,24-/m0/s1. The van der Waals surface area contributed by atoms with E-state index in [9.17, 15) is 14.3 Å². The van der Waals surface area contributed by atoms with Gasteiger partial charge in [-0.1, -0.05) is 24.3 Å².